The average molecular weight is 491 g/mol. The second kappa shape index (κ2) is 7.26. The molecule has 0 fully saturated rings. The van der Waals surface area contributed by atoms with E-state index < -0.39 is 10.2 Å². The number of fused-ring (bicyclic) bond motifs is 1. The van der Waals surface area contributed by atoms with E-state index in [0.717, 1.165) is 8.28 Å². The van der Waals surface area contributed by atoms with E-state index in [9.17, 15) is 13.7 Å². The smallest absolute Gasteiger partial charge is 0.309 e. The molecule has 2 aromatic heterocycles. The van der Waals surface area contributed by atoms with Crippen LogP contribution in [0.2, 0.25) is 10.0 Å². The maximum absolute atomic E-state index is 12.7. The lowest BCUT2D eigenvalue weighted by Crippen LogP contribution is -2.29. The maximum atomic E-state index is 12.7. The minimum atomic E-state index is -3.99. The number of aromatic nitrogens is 3. The number of halogens is 3. The topological polar surface area (TPSA) is 101 Å². The summed E-state index contributed by atoms with van der Waals surface area (Å²) < 4.78 is 33.2. The Balaban J connectivity index is 2.22. The predicted molar refractivity (Wildman–Crippen MR) is 104 cm³/mol. The number of ether oxygens (including phenoxy) is 1. The number of hydrogen-bond donors (Lipinski definition) is 0. The molecule has 140 valence electrons. The molecule has 3 rings (SSSR count). The van der Waals surface area contributed by atoms with Crippen LogP contribution in [-0.4, -0.2) is 40.8 Å². The van der Waals surface area contributed by atoms with Crippen LogP contribution < -0.4 is 4.74 Å². The summed E-state index contributed by atoms with van der Waals surface area (Å²) in [6.45, 7) is 0. The van der Waals surface area contributed by atoms with Crippen molar-refractivity contribution in [2.24, 2.45) is 0 Å². The Morgan fingerprint density at radius 1 is 1.30 bits per heavy atom. The molecule has 0 amide bonds. The largest absolute Gasteiger partial charge is 0.437 e. The van der Waals surface area contributed by atoms with Crippen molar-refractivity contribution in [1.82, 2.24) is 18.2 Å². The third kappa shape index (κ3) is 3.61. The zero-order valence-electron chi connectivity index (χ0n) is 13.8. The first-order chi connectivity index (χ1) is 12.6. The van der Waals surface area contributed by atoms with Crippen molar-refractivity contribution in [3.8, 4) is 17.7 Å². The van der Waals surface area contributed by atoms with E-state index in [4.69, 9.17) is 27.9 Å². The molecule has 1 aromatic carbocycles. The summed E-state index contributed by atoms with van der Waals surface area (Å²) in [5.41, 5.74) is 0.453. The lowest BCUT2D eigenvalue weighted by Gasteiger charge is -2.14. The molecule has 0 N–H and O–H groups in total. The quantitative estimate of drug-likeness (QED) is 0.550. The van der Waals surface area contributed by atoms with Crippen molar-refractivity contribution in [3.05, 3.63) is 44.7 Å². The molecule has 2 heterocycles. The van der Waals surface area contributed by atoms with E-state index in [0.29, 0.717) is 15.0 Å². The number of pyridine rings is 1. The monoisotopic (exact) mass is 489 g/mol. The van der Waals surface area contributed by atoms with E-state index >= 15 is 0 Å². The van der Waals surface area contributed by atoms with Gasteiger partial charge >= 0.3 is 10.2 Å². The first-order valence-electron chi connectivity index (χ1n) is 7.19. The predicted octanol–water partition coefficient (Wildman–Crippen LogP) is 3.82. The third-order valence-electron chi connectivity index (χ3n) is 3.43. The molecule has 8 nitrogen and oxygen atoms in total. The molecule has 0 spiro atoms. The van der Waals surface area contributed by atoms with E-state index in [2.05, 4.69) is 25.9 Å². The van der Waals surface area contributed by atoms with Gasteiger partial charge in [-0.05, 0) is 28.1 Å². The molecule has 0 saturated carbocycles. The molecule has 0 aliphatic carbocycles. The van der Waals surface area contributed by atoms with Crippen LogP contribution in [0.1, 0.15) is 5.82 Å². The van der Waals surface area contributed by atoms with Crippen molar-refractivity contribution < 1.29 is 13.2 Å². The second-order valence-corrected chi connectivity index (χ2v) is 9.11. The summed E-state index contributed by atoms with van der Waals surface area (Å²) in [6.07, 6.45) is 1.37. The second-order valence-electron chi connectivity index (χ2n) is 5.42. The molecule has 0 bridgehead atoms. The number of nitrogens with zero attached hydrogens (tertiary/aromatic N) is 5. The molecule has 27 heavy (non-hydrogen) atoms. The Morgan fingerprint density at radius 2 is 2.00 bits per heavy atom. The van der Waals surface area contributed by atoms with Crippen LogP contribution in [0.3, 0.4) is 0 Å². The van der Waals surface area contributed by atoms with Gasteiger partial charge in [-0.25, -0.2) is 9.97 Å². The fourth-order valence-electron chi connectivity index (χ4n) is 2.21. The minimum absolute atomic E-state index is 0.0920. The van der Waals surface area contributed by atoms with Gasteiger partial charge in [-0.15, -0.1) is 0 Å². The van der Waals surface area contributed by atoms with Gasteiger partial charge in [-0.2, -0.15) is 22.0 Å². The lowest BCUT2D eigenvalue weighted by atomic mass is 10.3. The molecular formula is C15H10BrCl2N5O3S. The summed E-state index contributed by atoms with van der Waals surface area (Å²) >= 11 is 15.2. The molecule has 12 heteroatoms. The summed E-state index contributed by atoms with van der Waals surface area (Å²) in [5.74, 6) is 0.0549. The SMILES string of the molecule is CN(C)S(=O)(=O)n1c(C#N)nc2c(Br)cc(Oc3ncc(Cl)cc3Cl)cc21. The molecule has 0 aliphatic rings. The molecular weight excluding hydrogens is 481 g/mol. The number of rotatable bonds is 4. The first-order valence-corrected chi connectivity index (χ1v) is 10.1. The van der Waals surface area contributed by atoms with Gasteiger partial charge in [0.2, 0.25) is 11.7 Å². The van der Waals surface area contributed by atoms with E-state index in [1.54, 1.807) is 12.1 Å². The number of imidazole rings is 1. The molecule has 0 saturated heterocycles. The van der Waals surface area contributed by atoms with Crippen LogP contribution in [0.25, 0.3) is 11.0 Å². The van der Waals surface area contributed by atoms with Crippen molar-refractivity contribution in [3.63, 3.8) is 0 Å². The van der Waals surface area contributed by atoms with Crippen molar-refractivity contribution in [2.75, 3.05) is 14.1 Å². The van der Waals surface area contributed by atoms with Crippen LogP contribution >= 0.6 is 39.1 Å². The van der Waals surface area contributed by atoms with Crippen LogP contribution in [0.4, 0.5) is 0 Å². The fourth-order valence-corrected chi connectivity index (χ4v) is 4.16. The molecule has 3 aromatic rings. The Hall–Kier alpha value is -1.90. The van der Waals surface area contributed by atoms with Crippen molar-refractivity contribution in [1.29, 1.82) is 5.26 Å². The van der Waals surface area contributed by atoms with Gasteiger partial charge in [0, 0.05) is 30.8 Å². The minimum Gasteiger partial charge on any atom is -0.437 e. The van der Waals surface area contributed by atoms with E-state index in [1.165, 1.54) is 32.4 Å². The highest BCUT2D eigenvalue weighted by Gasteiger charge is 2.26. The molecule has 0 unspecified atom stereocenters. The van der Waals surface area contributed by atoms with Gasteiger partial charge in [0.15, 0.2) is 0 Å². The van der Waals surface area contributed by atoms with Gasteiger partial charge in [-0.3, -0.25) is 0 Å². The van der Waals surface area contributed by atoms with Crippen LogP contribution in [0.5, 0.6) is 11.6 Å². The highest BCUT2D eigenvalue weighted by molar-refractivity contribution is 9.10. The van der Waals surface area contributed by atoms with Crippen LogP contribution in [-0.2, 0) is 10.2 Å². The third-order valence-corrected chi connectivity index (χ3v) is 6.26. The highest BCUT2D eigenvalue weighted by Crippen LogP contribution is 2.35. The lowest BCUT2D eigenvalue weighted by molar-refractivity contribution is 0.463. The normalized spacial score (nSPS) is 11.7. The zero-order valence-corrected chi connectivity index (χ0v) is 17.7. The molecule has 0 aliphatic heterocycles. The first kappa shape index (κ1) is 19.9. The van der Waals surface area contributed by atoms with Gasteiger partial charge < -0.3 is 4.74 Å². The Morgan fingerprint density at radius 3 is 2.59 bits per heavy atom. The Kier molecular flexibility index (Phi) is 5.33. The fraction of sp³-hybridized carbons (Fsp3) is 0.133. The Labute approximate surface area is 173 Å². The zero-order chi connectivity index (χ0) is 19.9. The van der Waals surface area contributed by atoms with Gasteiger partial charge in [-0.1, -0.05) is 23.2 Å². The van der Waals surface area contributed by atoms with Crippen molar-refractivity contribution in [2.45, 2.75) is 0 Å². The van der Waals surface area contributed by atoms with Crippen molar-refractivity contribution >= 4 is 60.4 Å². The number of nitriles is 1. The summed E-state index contributed by atoms with van der Waals surface area (Å²) in [7, 11) is -1.28. The van der Waals surface area contributed by atoms with Gasteiger partial charge in [0.05, 0.1) is 10.5 Å². The molecule has 0 radical (unpaired) electrons. The van der Waals surface area contributed by atoms with Crippen LogP contribution in [0.15, 0.2) is 28.9 Å². The standard InChI is InChI=1S/C15H10BrCl2N5O3S/c1-22(2)27(24,25)23-12-5-9(4-10(16)14(12)21-13(23)6-19)26-15-11(18)3-8(17)7-20-15/h3-5,7H,1-2H3. The summed E-state index contributed by atoms with van der Waals surface area (Å²) in [4.78, 5) is 8.09. The highest BCUT2D eigenvalue weighted by atomic mass is 79.9. The van der Waals surface area contributed by atoms with Crippen LogP contribution in [0, 0.1) is 11.3 Å². The van der Waals surface area contributed by atoms with Gasteiger partial charge in [0.25, 0.3) is 0 Å². The molecule has 0 atom stereocenters. The van der Waals surface area contributed by atoms with Gasteiger partial charge in [0.1, 0.15) is 22.4 Å². The Bertz CT molecular complexity index is 1200. The van der Waals surface area contributed by atoms with E-state index in [-0.39, 0.29) is 28.0 Å². The maximum Gasteiger partial charge on any atom is 0.309 e. The summed E-state index contributed by atoms with van der Waals surface area (Å²) in [6, 6.07) is 6.26. The summed E-state index contributed by atoms with van der Waals surface area (Å²) in [5, 5.41) is 9.85. The number of benzene rings is 1. The average Bonchev–Trinajstić information content (AvgIpc) is 2.97. The number of hydrogen-bond acceptors (Lipinski definition) is 6. The van der Waals surface area contributed by atoms with E-state index in [1.807, 2.05) is 0 Å².